The van der Waals surface area contributed by atoms with Gasteiger partial charge >= 0.3 is 0 Å². The molecule has 0 radical (unpaired) electrons. The number of rotatable bonds is 4. The van der Waals surface area contributed by atoms with Crippen LogP contribution in [0.4, 0.5) is 5.13 Å². The van der Waals surface area contributed by atoms with E-state index in [9.17, 15) is 0 Å². The second-order valence-electron chi connectivity index (χ2n) is 6.39. The van der Waals surface area contributed by atoms with Crippen molar-refractivity contribution in [1.82, 2.24) is 15.0 Å². The SMILES string of the molecule is c1csc(-c2cc(CN3CCN(c4nc5ccccc5s4)CC3)no2)c1. The zero-order chi connectivity index (χ0) is 17.3. The summed E-state index contributed by atoms with van der Waals surface area (Å²) in [5.74, 6) is 0.864. The summed E-state index contributed by atoms with van der Waals surface area (Å²) in [5, 5.41) is 7.42. The first-order valence-corrected chi connectivity index (χ1v) is 10.4. The van der Waals surface area contributed by atoms with Crippen LogP contribution >= 0.6 is 22.7 Å². The summed E-state index contributed by atoms with van der Waals surface area (Å²) in [4.78, 5) is 10.7. The number of hydrogen-bond acceptors (Lipinski definition) is 7. The highest BCUT2D eigenvalue weighted by molar-refractivity contribution is 7.22. The predicted molar refractivity (Wildman–Crippen MR) is 107 cm³/mol. The average molecular weight is 383 g/mol. The minimum Gasteiger partial charge on any atom is -0.355 e. The lowest BCUT2D eigenvalue weighted by Crippen LogP contribution is -2.46. The van der Waals surface area contributed by atoms with Crippen molar-refractivity contribution < 1.29 is 4.52 Å². The molecule has 7 heteroatoms. The van der Waals surface area contributed by atoms with Gasteiger partial charge in [0, 0.05) is 38.8 Å². The number of nitrogens with zero attached hydrogens (tertiary/aromatic N) is 4. The van der Waals surface area contributed by atoms with Crippen molar-refractivity contribution in [3.63, 3.8) is 0 Å². The lowest BCUT2D eigenvalue weighted by Gasteiger charge is -2.34. The summed E-state index contributed by atoms with van der Waals surface area (Å²) in [6.45, 7) is 4.85. The second-order valence-corrected chi connectivity index (χ2v) is 8.34. The number of thiophene rings is 1. The van der Waals surface area contributed by atoms with Gasteiger partial charge in [0.25, 0.3) is 0 Å². The maximum atomic E-state index is 5.49. The Morgan fingerprint density at radius 1 is 1.04 bits per heavy atom. The van der Waals surface area contributed by atoms with Gasteiger partial charge in [0.15, 0.2) is 10.9 Å². The van der Waals surface area contributed by atoms with Gasteiger partial charge in [0.1, 0.15) is 0 Å². The molecule has 5 nitrogen and oxygen atoms in total. The van der Waals surface area contributed by atoms with Crippen molar-refractivity contribution >= 4 is 38.0 Å². The van der Waals surface area contributed by atoms with Crippen LogP contribution in [0.5, 0.6) is 0 Å². The minimum atomic E-state index is 0.836. The van der Waals surface area contributed by atoms with Gasteiger partial charge in [-0.1, -0.05) is 34.7 Å². The molecule has 1 aliphatic heterocycles. The van der Waals surface area contributed by atoms with Crippen LogP contribution in [0.2, 0.25) is 0 Å². The molecule has 1 aliphatic rings. The number of benzene rings is 1. The molecule has 3 aromatic heterocycles. The van der Waals surface area contributed by atoms with Crippen LogP contribution < -0.4 is 4.90 Å². The fourth-order valence-corrected chi connectivity index (χ4v) is 4.93. The van der Waals surface area contributed by atoms with Crippen molar-refractivity contribution in [3.8, 4) is 10.6 Å². The Morgan fingerprint density at radius 2 is 1.92 bits per heavy atom. The van der Waals surface area contributed by atoms with Crippen LogP contribution in [0.1, 0.15) is 5.69 Å². The Balaban J connectivity index is 1.22. The molecule has 0 N–H and O–H groups in total. The fourth-order valence-electron chi connectivity index (χ4n) is 3.24. The number of thiazole rings is 1. The van der Waals surface area contributed by atoms with E-state index in [4.69, 9.17) is 9.51 Å². The highest BCUT2D eigenvalue weighted by Gasteiger charge is 2.21. The lowest BCUT2D eigenvalue weighted by molar-refractivity contribution is 0.242. The van der Waals surface area contributed by atoms with E-state index in [1.54, 1.807) is 22.7 Å². The molecule has 0 amide bonds. The first-order chi connectivity index (χ1) is 12.8. The van der Waals surface area contributed by atoms with Crippen molar-refractivity contribution in [1.29, 1.82) is 0 Å². The molecule has 4 aromatic rings. The summed E-state index contributed by atoms with van der Waals surface area (Å²) >= 11 is 3.46. The van der Waals surface area contributed by atoms with Crippen molar-refractivity contribution in [3.05, 3.63) is 53.5 Å². The van der Waals surface area contributed by atoms with E-state index < -0.39 is 0 Å². The van der Waals surface area contributed by atoms with Gasteiger partial charge in [0.2, 0.25) is 0 Å². The molecule has 4 heterocycles. The Morgan fingerprint density at radius 3 is 2.73 bits per heavy atom. The topological polar surface area (TPSA) is 45.4 Å². The zero-order valence-corrected chi connectivity index (χ0v) is 15.8. The van der Waals surface area contributed by atoms with Gasteiger partial charge in [-0.3, -0.25) is 4.90 Å². The molecular formula is C19H18N4OS2. The van der Waals surface area contributed by atoms with Crippen LogP contribution in [0.15, 0.2) is 52.4 Å². The van der Waals surface area contributed by atoms with Crippen LogP contribution in [-0.2, 0) is 6.54 Å². The molecule has 5 rings (SSSR count). The zero-order valence-electron chi connectivity index (χ0n) is 14.2. The van der Waals surface area contributed by atoms with Gasteiger partial charge in [-0.25, -0.2) is 4.98 Å². The Hall–Kier alpha value is -2.22. The van der Waals surface area contributed by atoms with Crippen LogP contribution in [0, 0.1) is 0 Å². The maximum Gasteiger partial charge on any atom is 0.186 e. The van der Waals surface area contributed by atoms with E-state index in [2.05, 4.69) is 50.7 Å². The molecular weight excluding hydrogens is 364 g/mol. The Kier molecular flexibility index (Phi) is 4.20. The summed E-state index contributed by atoms with van der Waals surface area (Å²) in [6, 6.07) is 14.5. The molecule has 1 fully saturated rings. The van der Waals surface area contributed by atoms with E-state index in [1.807, 2.05) is 12.1 Å². The second kappa shape index (κ2) is 6.83. The third-order valence-corrected chi connectivity index (χ3v) is 6.62. The molecule has 1 aromatic carbocycles. The normalized spacial score (nSPS) is 15.8. The van der Waals surface area contributed by atoms with Gasteiger partial charge in [0.05, 0.1) is 20.8 Å². The molecule has 26 heavy (non-hydrogen) atoms. The third-order valence-electron chi connectivity index (χ3n) is 4.63. The number of hydrogen-bond donors (Lipinski definition) is 0. The number of piperazine rings is 1. The third kappa shape index (κ3) is 3.13. The van der Waals surface area contributed by atoms with Crippen molar-refractivity contribution in [2.24, 2.45) is 0 Å². The standard InChI is InChI=1S/C19H18N4OS2/c1-2-5-17-15(4-1)20-19(26-17)23-9-7-22(8-10-23)13-14-12-16(24-21-14)18-6-3-11-25-18/h1-6,11-12H,7-10,13H2. The highest BCUT2D eigenvalue weighted by atomic mass is 32.1. The van der Waals surface area contributed by atoms with E-state index in [0.29, 0.717) is 0 Å². The largest absolute Gasteiger partial charge is 0.355 e. The summed E-state index contributed by atoms with van der Waals surface area (Å²) in [7, 11) is 0. The molecule has 132 valence electrons. The Labute approximate surface area is 159 Å². The van der Waals surface area contributed by atoms with Gasteiger partial charge in [-0.15, -0.1) is 11.3 Å². The number of aromatic nitrogens is 2. The number of anilines is 1. The molecule has 0 aliphatic carbocycles. The molecule has 0 spiro atoms. The van der Waals surface area contributed by atoms with Crippen LogP contribution in [0.25, 0.3) is 20.9 Å². The molecule has 0 unspecified atom stereocenters. The van der Waals surface area contributed by atoms with Gasteiger partial charge in [-0.05, 0) is 23.6 Å². The molecule has 0 bridgehead atoms. The fraction of sp³-hybridized carbons (Fsp3) is 0.263. The lowest BCUT2D eigenvalue weighted by atomic mass is 10.2. The van der Waals surface area contributed by atoms with Gasteiger partial charge in [-0.2, -0.15) is 0 Å². The van der Waals surface area contributed by atoms with Crippen molar-refractivity contribution in [2.45, 2.75) is 6.54 Å². The number of fused-ring (bicyclic) bond motifs is 1. The Bertz CT molecular complexity index is 967. The number of para-hydroxylation sites is 1. The van der Waals surface area contributed by atoms with E-state index >= 15 is 0 Å². The quantitative estimate of drug-likeness (QED) is 0.525. The van der Waals surface area contributed by atoms with Crippen molar-refractivity contribution in [2.75, 3.05) is 31.1 Å². The van der Waals surface area contributed by atoms with E-state index in [1.165, 1.54) is 4.70 Å². The monoisotopic (exact) mass is 382 g/mol. The molecule has 0 atom stereocenters. The predicted octanol–water partition coefficient (Wildman–Crippen LogP) is 4.34. The minimum absolute atomic E-state index is 0.836. The summed E-state index contributed by atoms with van der Waals surface area (Å²) in [6.07, 6.45) is 0. The van der Waals surface area contributed by atoms with E-state index in [0.717, 1.165) is 59.7 Å². The smallest absolute Gasteiger partial charge is 0.186 e. The van der Waals surface area contributed by atoms with Gasteiger partial charge < -0.3 is 9.42 Å². The summed E-state index contributed by atoms with van der Waals surface area (Å²) in [5.41, 5.74) is 2.10. The molecule has 1 saturated heterocycles. The van der Waals surface area contributed by atoms with Crippen LogP contribution in [-0.4, -0.2) is 41.2 Å². The highest BCUT2D eigenvalue weighted by Crippen LogP contribution is 2.29. The van der Waals surface area contributed by atoms with E-state index in [-0.39, 0.29) is 0 Å². The summed E-state index contributed by atoms with van der Waals surface area (Å²) < 4.78 is 6.75. The maximum absolute atomic E-state index is 5.49. The first-order valence-electron chi connectivity index (χ1n) is 8.67. The molecule has 0 saturated carbocycles. The van der Waals surface area contributed by atoms with Crippen LogP contribution in [0.3, 0.4) is 0 Å². The first kappa shape index (κ1) is 16.0. The average Bonchev–Trinajstić information content (AvgIpc) is 3.42.